The number of hydrogen-bond acceptors (Lipinski definition) is 4. The number of anilines is 1. The van der Waals surface area contributed by atoms with Crippen LogP contribution in [0.2, 0.25) is 5.02 Å². The summed E-state index contributed by atoms with van der Waals surface area (Å²) < 4.78 is 28.5. The number of aromatic nitrogens is 2. The Morgan fingerprint density at radius 2 is 1.74 bits per heavy atom. The number of H-pyrrole nitrogens is 2. The minimum atomic E-state index is -3.87. The van der Waals surface area contributed by atoms with Gasteiger partial charge in [-0.1, -0.05) is 41.9 Å². The first-order valence-corrected chi connectivity index (χ1v) is 12.5. The van der Waals surface area contributed by atoms with Crippen LogP contribution in [0.15, 0.2) is 76.4 Å². The molecule has 8 nitrogen and oxygen atoms in total. The van der Waals surface area contributed by atoms with Crippen LogP contribution in [0.25, 0.3) is 11.0 Å². The van der Waals surface area contributed by atoms with Crippen molar-refractivity contribution in [2.24, 2.45) is 0 Å². The predicted molar refractivity (Wildman–Crippen MR) is 133 cm³/mol. The van der Waals surface area contributed by atoms with Crippen molar-refractivity contribution in [1.82, 2.24) is 14.7 Å². The molecule has 1 unspecified atom stereocenters. The number of hydrogen-bond donors (Lipinski definition) is 4. The Balaban J connectivity index is 1.48. The van der Waals surface area contributed by atoms with Crippen molar-refractivity contribution in [1.29, 1.82) is 0 Å². The number of sulfonamides is 1. The van der Waals surface area contributed by atoms with E-state index in [0.717, 1.165) is 12.0 Å². The van der Waals surface area contributed by atoms with E-state index in [1.807, 2.05) is 30.3 Å². The Kier molecular flexibility index (Phi) is 6.87. The maximum absolute atomic E-state index is 12.9. The smallest absolute Gasteiger partial charge is 0.322 e. The van der Waals surface area contributed by atoms with Crippen LogP contribution in [0, 0.1) is 0 Å². The lowest BCUT2D eigenvalue weighted by Crippen LogP contribution is -2.33. The van der Waals surface area contributed by atoms with Gasteiger partial charge in [-0.05, 0) is 61.7 Å². The lowest BCUT2D eigenvalue weighted by molar-refractivity contribution is 0.102. The van der Waals surface area contributed by atoms with E-state index in [1.54, 1.807) is 25.1 Å². The first kappa shape index (κ1) is 23.7. The maximum atomic E-state index is 12.9. The number of imidazole rings is 1. The summed E-state index contributed by atoms with van der Waals surface area (Å²) in [7, 11) is -3.87. The lowest BCUT2D eigenvalue weighted by Gasteiger charge is -2.15. The second-order valence-electron chi connectivity index (χ2n) is 7.98. The highest BCUT2D eigenvalue weighted by atomic mass is 35.5. The highest BCUT2D eigenvalue weighted by Gasteiger charge is 2.21. The Morgan fingerprint density at radius 1 is 1.00 bits per heavy atom. The van der Waals surface area contributed by atoms with Crippen LogP contribution >= 0.6 is 11.6 Å². The van der Waals surface area contributed by atoms with Crippen LogP contribution in [0.1, 0.15) is 29.3 Å². The largest absolute Gasteiger partial charge is 0.323 e. The topological polar surface area (TPSA) is 124 Å². The van der Waals surface area contributed by atoms with Crippen LogP contribution in [0.4, 0.5) is 5.69 Å². The van der Waals surface area contributed by atoms with Crippen LogP contribution in [0.3, 0.4) is 0 Å². The minimum Gasteiger partial charge on any atom is -0.322 e. The molecular formula is C24H23ClN4O4S. The molecule has 0 radical (unpaired) electrons. The van der Waals surface area contributed by atoms with E-state index in [2.05, 4.69) is 20.0 Å². The van der Waals surface area contributed by atoms with Gasteiger partial charge in [-0.2, -0.15) is 0 Å². The molecule has 0 fully saturated rings. The number of carbonyl (C=O) groups is 1. The number of nitrogens with one attached hydrogen (secondary N) is 4. The van der Waals surface area contributed by atoms with E-state index in [9.17, 15) is 18.0 Å². The van der Waals surface area contributed by atoms with Gasteiger partial charge in [0.1, 0.15) is 0 Å². The number of fused-ring (bicyclic) bond motifs is 1. The highest BCUT2D eigenvalue weighted by Crippen LogP contribution is 2.23. The molecule has 4 aromatic rings. The average molecular weight is 499 g/mol. The number of benzene rings is 3. The molecule has 0 saturated heterocycles. The standard InChI is InChI=1S/C24H23ClN4O4S/c1-15(7-8-16-5-3-2-4-6-16)29-34(32,33)18-10-11-20(25)19(14-18)23(30)26-17-9-12-21-22(13-17)28-24(31)27-21/h2-6,9-15,29H,7-8H2,1H3,(H,26,30)(H2,27,28,31). The third-order valence-corrected chi connectivity index (χ3v) is 7.25. The molecule has 0 saturated carbocycles. The lowest BCUT2D eigenvalue weighted by atomic mass is 10.1. The van der Waals surface area contributed by atoms with Crippen LogP contribution in [-0.4, -0.2) is 30.3 Å². The number of carbonyl (C=O) groups excluding carboxylic acids is 1. The number of amides is 1. The zero-order valence-corrected chi connectivity index (χ0v) is 19.8. The third kappa shape index (κ3) is 5.56. The maximum Gasteiger partial charge on any atom is 0.323 e. The molecule has 0 aliphatic carbocycles. The first-order chi connectivity index (χ1) is 16.2. The average Bonchev–Trinajstić information content (AvgIpc) is 3.17. The van der Waals surface area contributed by atoms with Crippen LogP contribution in [0.5, 0.6) is 0 Å². The second-order valence-corrected chi connectivity index (χ2v) is 10.1. The number of halogens is 1. The van der Waals surface area contributed by atoms with Gasteiger partial charge in [0, 0.05) is 11.7 Å². The summed E-state index contributed by atoms with van der Waals surface area (Å²) in [5, 5.41) is 2.80. The molecule has 176 valence electrons. The van der Waals surface area contributed by atoms with Crippen molar-refractivity contribution >= 4 is 44.3 Å². The number of aromatic amines is 2. The van der Waals surface area contributed by atoms with Crippen molar-refractivity contribution in [2.45, 2.75) is 30.7 Å². The molecule has 4 rings (SSSR count). The summed E-state index contributed by atoms with van der Waals surface area (Å²) in [6.07, 6.45) is 1.35. The van der Waals surface area contributed by atoms with Crippen LogP contribution in [-0.2, 0) is 16.4 Å². The van der Waals surface area contributed by atoms with Crippen molar-refractivity contribution in [3.63, 3.8) is 0 Å². The second kappa shape index (κ2) is 9.84. The van der Waals surface area contributed by atoms with Gasteiger partial charge in [0.05, 0.1) is 26.5 Å². The molecule has 0 spiro atoms. The van der Waals surface area contributed by atoms with E-state index in [0.29, 0.717) is 23.1 Å². The fraction of sp³-hybridized carbons (Fsp3) is 0.167. The molecule has 1 aromatic heterocycles. The molecular weight excluding hydrogens is 476 g/mol. The van der Waals surface area contributed by atoms with Crippen molar-refractivity contribution in [3.05, 3.63) is 93.4 Å². The summed E-state index contributed by atoms with van der Waals surface area (Å²) in [6, 6.07) is 18.4. The quantitative estimate of drug-likeness (QED) is 0.292. The van der Waals surface area contributed by atoms with E-state index in [1.165, 1.54) is 18.2 Å². The summed E-state index contributed by atoms with van der Waals surface area (Å²) in [5.74, 6) is -0.573. The summed E-state index contributed by atoms with van der Waals surface area (Å²) in [6.45, 7) is 1.80. The monoisotopic (exact) mass is 498 g/mol. The SMILES string of the molecule is CC(CCc1ccccc1)NS(=O)(=O)c1ccc(Cl)c(C(=O)Nc2ccc3[nH]c(=O)[nH]c3c2)c1. The molecule has 1 amide bonds. The molecule has 1 atom stereocenters. The molecule has 0 bridgehead atoms. The zero-order chi connectivity index (χ0) is 24.3. The predicted octanol–water partition coefficient (Wildman–Crippen LogP) is 4.06. The van der Waals surface area contributed by atoms with E-state index in [-0.39, 0.29) is 27.2 Å². The zero-order valence-electron chi connectivity index (χ0n) is 18.3. The summed E-state index contributed by atoms with van der Waals surface area (Å²) in [5.41, 5.74) is 2.33. The molecule has 0 aliphatic heterocycles. The van der Waals surface area contributed by atoms with Crippen molar-refractivity contribution in [2.75, 3.05) is 5.32 Å². The van der Waals surface area contributed by atoms with Gasteiger partial charge in [-0.25, -0.2) is 17.9 Å². The van der Waals surface area contributed by atoms with Gasteiger partial charge in [0.2, 0.25) is 10.0 Å². The molecule has 34 heavy (non-hydrogen) atoms. The minimum absolute atomic E-state index is 0.0177. The molecule has 3 aromatic carbocycles. The fourth-order valence-electron chi connectivity index (χ4n) is 3.57. The van der Waals surface area contributed by atoms with E-state index in [4.69, 9.17) is 11.6 Å². The fourth-order valence-corrected chi connectivity index (χ4v) is 5.08. The normalized spacial score (nSPS) is 12.5. The Bertz CT molecular complexity index is 1500. The summed E-state index contributed by atoms with van der Waals surface area (Å²) >= 11 is 6.20. The molecule has 0 aliphatic rings. The Morgan fingerprint density at radius 3 is 2.50 bits per heavy atom. The third-order valence-electron chi connectivity index (χ3n) is 5.33. The van der Waals surface area contributed by atoms with Gasteiger partial charge in [0.15, 0.2) is 0 Å². The first-order valence-electron chi connectivity index (χ1n) is 10.6. The molecule has 10 heteroatoms. The van der Waals surface area contributed by atoms with E-state index < -0.39 is 15.9 Å². The highest BCUT2D eigenvalue weighted by molar-refractivity contribution is 7.89. The van der Waals surface area contributed by atoms with Gasteiger partial charge in [-0.15, -0.1) is 0 Å². The molecule has 4 N–H and O–H groups in total. The van der Waals surface area contributed by atoms with Gasteiger partial charge >= 0.3 is 5.69 Å². The summed E-state index contributed by atoms with van der Waals surface area (Å²) in [4.78, 5) is 29.5. The Labute approximate surface area is 201 Å². The van der Waals surface area contributed by atoms with E-state index >= 15 is 0 Å². The van der Waals surface area contributed by atoms with Gasteiger partial charge in [-0.3, -0.25) is 4.79 Å². The van der Waals surface area contributed by atoms with Crippen LogP contribution < -0.4 is 15.7 Å². The van der Waals surface area contributed by atoms with Gasteiger partial charge < -0.3 is 15.3 Å². The van der Waals surface area contributed by atoms with Crippen molar-refractivity contribution in [3.8, 4) is 0 Å². The molecule has 1 heterocycles. The van der Waals surface area contributed by atoms with Gasteiger partial charge in [0.25, 0.3) is 5.91 Å². The Hall–Kier alpha value is -3.40. The number of aryl methyl sites for hydroxylation is 1. The van der Waals surface area contributed by atoms with Crippen molar-refractivity contribution < 1.29 is 13.2 Å². The number of rotatable bonds is 8.